The Labute approximate surface area is 118 Å². The summed E-state index contributed by atoms with van der Waals surface area (Å²) in [6.07, 6.45) is 1.08. The van der Waals surface area contributed by atoms with Crippen LogP contribution in [0.25, 0.3) is 0 Å². The fourth-order valence-electron chi connectivity index (χ4n) is 2.67. The van der Waals surface area contributed by atoms with Gasteiger partial charge in [-0.1, -0.05) is 25.2 Å². The molecule has 1 aromatic carbocycles. The quantitative estimate of drug-likeness (QED) is 0.825. The van der Waals surface area contributed by atoms with Gasteiger partial charge in [0.25, 0.3) is 0 Å². The molecule has 1 aromatic rings. The lowest BCUT2D eigenvalue weighted by molar-refractivity contribution is 0.134. The Morgan fingerprint density at radius 2 is 2.32 bits per heavy atom. The number of rotatable bonds is 4. The smallest absolute Gasteiger partial charge is 0.133 e. The summed E-state index contributed by atoms with van der Waals surface area (Å²) in [5.41, 5.74) is 6.77. The second-order valence-electron chi connectivity index (χ2n) is 5.16. The molecule has 3 nitrogen and oxygen atoms in total. The molecular formula is C14H19FN2OS. The van der Waals surface area contributed by atoms with Gasteiger partial charge in [-0.2, -0.15) is 0 Å². The highest BCUT2D eigenvalue weighted by atomic mass is 32.1. The van der Waals surface area contributed by atoms with Crippen molar-refractivity contribution in [2.45, 2.75) is 25.9 Å². The molecule has 1 saturated heterocycles. The fraction of sp³-hybridized carbons (Fsp3) is 0.500. The number of aliphatic hydroxyl groups is 1. The van der Waals surface area contributed by atoms with Crippen LogP contribution in [0.4, 0.5) is 4.39 Å². The van der Waals surface area contributed by atoms with Gasteiger partial charge < -0.3 is 10.8 Å². The topological polar surface area (TPSA) is 49.5 Å². The molecule has 0 amide bonds. The van der Waals surface area contributed by atoms with Crippen molar-refractivity contribution in [3.05, 3.63) is 35.1 Å². The molecule has 1 heterocycles. The van der Waals surface area contributed by atoms with Crippen molar-refractivity contribution in [3.8, 4) is 0 Å². The maximum absolute atomic E-state index is 13.5. The molecule has 1 aliphatic heterocycles. The van der Waals surface area contributed by atoms with Crippen molar-refractivity contribution >= 4 is 17.2 Å². The molecule has 0 saturated carbocycles. The molecule has 1 aliphatic rings. The van der Waals surface area contributed by atoms with E-state index in [1.165, 1.54) is 6.07 Å². The molecule has 0 aliphatic carbocycles. The maximum Gasteiger partial charge on any atom is 0.133 e. The lowest BCUT2D eigenvalue weighted by Gasteiger charge is -2.25. The van der Waals surface area contributed by atoms with Gasteiger partial charge in [0.2, 0.25) is 0 Å². The highest BCUT2D eigenvalue weighted by Crippen LogP contribution is 2.25. The van der Waals surface area contributed by atoms with Gasteiger partial charge in [-0.25, -0.2) is 4.39 Å². The molecule has 0 bridgehead atoms. The van der Waals surface area contributed by atoms with Crippen LogP contribution in [0, 0.1) is 11.7 Å². The van der Waals surface area contributed by atoms with Crippen molar-refractivity contribution < 1.29 is 9.50 Å². The van der Waals surface area contributed by atoms with Crippen LogP contribution in [0.3, 0.4) is 0 Å². The van der Waals surface area contributed by atoms with Crippen LogP contribution >= 0.6 is 12.2 Å². The summed E-state index contributed by atoms with van der Waals surface area (Å²) < 4.78 is 13.5. The SMILES string of the molecule is CC1CCN(Cc2ccc(F)c(C(N)=S)c2)C1CO. The molecule has 19 heavy (non-hydrogen) atoms. The van der Waals surface area contributed by atoms with Gasteiger partial charge in [0, 0.05) is 18.2 Å². The van der Waals surface area contributed by atoms with Crippen molar-refractivity contribution in [2.75, 3.05) is 13.2 Å². The second-order valence-corrected chi connectivity index (χ2v) is 5.60. The summed E-state index contributed by atoms with van der Waals surface area (Å²) in [6.45, 7) is 3.94. The number of hydrogen-bond donors (Lipinski definition) is 2. The van der Waals surface area contributed by atoms with Crippen LogP contribution in [0.2, 0.25) is 0 Å². The Morgan fingerprint density at radius 3 is 2.95 bits per heavy atom. The zero-order chi connectivity index (χ0) is 14.0. The molecule has 2 unspecified atom stereocenters. The highest BCUT2D eigenvalue weighted by Gasteiger charge is 2.30. The van der Waals surface area contributed by atoms with E-state index < -0.39 is 0 Å². The van der Waals surface area contributed by atoms with Crippen LogP contribution in [0.15, 0.2) is 18.2 Å². The summed E-state index contributed by atoms with van der Waals surface area (Å²) in [5.74, 6) is 0.102. The third kappa shape index (κ3) is 3.11. The first-order valence-corrected chi connectivity index (χ1v) is 6.87. The molecule has 2 rings (SSSR count). The molecule has 2 atom stereocenters. The minimum absolute atomic E-state index is 0.0767. The monoisotopic (exact) mass is 282 g/mol. The molecule has 5 heteroatoms. The average Bonchev–Trinajstić information content (AvgIpc) is 2.72. The molecule has 1 fully saturated rings. The summed E-state index contributed by atoms with van der Waals surface area (Å²) in [7, 11) is 0. The largest absolute Gasteiger partial charge is 0.395 e. The normalized spacial score (nSPS) is 23.7. The summed E-state index contributed by atoms with van der Waals surface area (Å²) in [5, 5.41) is 9.43. The van der Waals surface area contributed by atoms with Gasteiger partial charge in [0.05, 0.1) is 6.61 Å². The molecule has 0 spiro atoms. The molecule has 3 N–H and O–H groups in total. The number of aliphatic hydroxyl groups excluding tert-OH is 1. The van der Waals surface area contributed by atoms with Crippen molar-refractivity contribution in [3.63, 3.8) is 0 Å². The van der Waals surface area contributed by atoms with E-state index in [2.05, 4.69) is 11.8 Å². The lowest BCUT2D eigenvalue weighted by atomic mass is 10.0. The van der Waals surface area contributed by atoms with Gasteiger partial charge in [-0.3, -0.25) is 4.90 Å². The van der Waals surface area contributed by atoms with E-state index in [-0.39, 0.29) is 23.5 Å². The minimum Gasteiger partial charge on any atom is -0.395 e. The van der Waals surface area contributed by atoms with Gasteiger partial charge in [0.15, 0.2) is 0 Å². The minimum atomic E-state index is -0.384. The summed E-state index contributed by atoms with van der Waals surface area (Å²) in [6, 6.07) is 5.03. The lowest BCUT2D eigenvalue weighted by Crippen LogP contribution is -2.34. The Hall–Kier alpha value is -1.04. The number of nitrogens with zero attached hydrogens (tertiary/aromatic N) is 1. The van der Waals surface area contributed by atoms with Gasteiger partial charge in [-0.15, -0.1) is 0 Å². The fourth-order valence-corrected chi connectivity index (χ4v) is 2.83. The Morgan fingerprint density at radius 1 is 1.58 bits per heavy atom. The van der Waals surface area contributed by atoms with E-state index >= 15 is 0 Å². The Bertz CT molecular complexity index is 481. The first-order valence-electron chi connectivity index (χ1n) is 6.46. The maximum atomic E-state index is 13.5. The third-order valence-corrected chi connectivity index (χ3v) is 4.09. The van der Waals surface area contributed by atoms with E-state index in [9.17, 15) is 9.50 Å². The molecule has 0 aromatic heterocycles. The van der Waals surface area contributed by atoms with Gasteiger partial charge >= 0.3 is 0 Å². The van der Waals surface area contributed by atoms with E-state index in [4.69, 9.17) is 18.0 Å². The number of nitrogens with two attached hydrogens (primary N) is 1. The predicted octanol–water partition coefficient (Wildman–Crippen LogP) is 1.66. The molecular weight excluding hydrogens is 263 g/mol. The van der Waals surface area contributed by atoms with E-state index in [0.717, 1.165) is 18.5 Å². The first kappa shape index (κ1) is 14.4. The van der Waals surface area contributed by atoms with Crippen molar-refractivity contribution in [1.29, 1.82) is 0 Å². The molecule has 0 radical (unpaired) electrons. The van der Waals surface area contributed by atoms with Crippen LogP contribution in [0.5, 0.6) is 0 Å². The number of likely N-dealkylation sites (tertiary alicyclic amines) is 1. The zero-order valence-corrected chi connectivity index (χ0v) is 11.8. The van der Waals surface area contributed by atoms with Gasteiger partial charge in [0.1, 0.15) is 10.8 Å². The summed E-state index contributed by atoms with van der Waals surface area (Å²) >= 11 is 4.84. The van der Waals surface area contributed by atoms with E-state index in [1.807, 2.05) is 0 Å². The summed E-state index contributed by atoms with van der Waals surface area (Å²) in [4.78, 5) is 2.30. The van der Waals surface area contributed by atoms with Gasteiger partial charge in [-0.05, 0) is 36.6 Å². The zero-order valence-electron chi connectivity index (χ0n) is 11.0. The number of benzene rings is 1. The average molecular weight is 282 g/mol. The first-order chi connectivity index (χ1) is 9.02. The highest BCUT2D eigenvalue weighted by molar-refractivity contribution is 7.80. The Balaban J connectivity index is 2.15. The van der Waals surface area contributed by atoms with Crippen molar-refractivity contribution in [2.24, 2.45) is 11.7 Å². The molecule has 104 valence electrons. The predicted molar refractivity (Wildman–Crippen MR) is 77.4 cm³/mol. The van der Waals surface area contributed by atoms with Crippen LogP contribution in [-0.4, -0.2) is 34.2 Å². The second kappa shape index (κ2) is 5.94. The Kier molecular flexibility index (Phi) is 4.50. The van der Waals surface area contributed by atoms with Crippen LogP contribution in [0.1, 0.15) is 24.5 Å². The standard InChI is InChI=1S/C14H19FN2OS/c1-9-4-5-17(13(9)8-18)7-10-2-3-12(15)11(6-10)14(16)19/h2-3,6,9,13,18H,4-5,7-8H2,1H3,(H2,16,19). The van der Waals surface area contributed by atoms with E-state index in [0.29, 0.717) is 18.0 Å². The van der Waals surface area contributed by atoms with E-state index in [1.54, 1.807) is 12.1 Å². The number of thiocarbonyl (C=S) groups is 1. The number of hydrogen-bond acceptors (Lipinski definition) is 3. The van der Waals surface area contributed by atoms with Crippen molar-refractivity contribution in [1.82, 2.24) is 4.90 Å². The van der Waals surface area contributed by atoms with Crippen LogP contribution < -0.4 is 5.73 Å². The number of halogens is 1. The van der Waals surface area contributed by atoms with Crippen LogP contribution in [-0.2, 0) is 6.54 Å². The third-order valence-electron chi connectivity index (χ3n) is 3.87.